The number of thiazole rings is 1. The first-order valence-electron chi connectivity index (χ1n) is 7.48. The maximum atomic E-state index is 12.5. The highest BCUT2D eigenvalue weighted by atomic mass is 32.1. The average Bonchev–Trinajstić information content (AvgIpc) is 3.07. The van der Waals surface area contributed by atoms with Gasteiger partial charge < -0.3 is 5.32 Å². The highest BCUT2D eigenvalue weighted by Gasteiger charge is 2.31. The molecule has 3 heterocycles. The Bertz CT molecular complexity index is 662. The Kier molecular flexibility index (Phi) is 4.26. The summed E-state index contributed by atoms with van der Waals surface area (Å²) in [7, 11) is 0. The maximum Gasteiger partial charge on any atom is 0.246 e. The minimum atomic E-state index is -0.269. The molecule has 1 N–H and O–H groups in total. The first-order valence-corrected chi connectivity index (χ1v) is 8.36. The van der Waals surface area contributed by atoms with Gasteiger partial charge in [0.05, 0.1) is 16.9 Å². The lowest BCUT2D eigenvalue weighted by molar-refractivity contribution is -0.126. The van der Waals surface area contributed by atoms with Crippen LogP contribution in [0.3, 0.4) is 0 Å². The molecule has 0 radical (unpaired) electrons. The molecule has 0 bridgehead atoms. The minimum absolute atomic E-state index is 0.0330. The molecule has 1 amide bonds. The number of amides is 1. The van der Waals surface area contributed by atoms with Gasteiger partial charge in [-0.2, -0.15) is 5.10 Å². The van der Waals surface area contributed by atoms with Crippen LogP contribution in [0.5, 0.6) is 0 Å². The Morgan fingerprint density at radius 1 is 1.55 bits per heavy atom. The second-order valence-electron chi connectivity index (χ2n) is 5.98. The highest BCUT2D eigenvalue weighted by molar-refractivity contribution is 7.09. The average molecular weight is 319 g/mol. The third kappa shape index (κ3) is 3.05. The highest BCUT2D eigenvalue weighted by Crippen LogP contribution is 2.24. The van der Waals surface area contributed by atoms with E-state index in [0.717, 1.165) is 24.5 Å². The Morgan fingerprint density at radius 3 is 3.05 bits per heavy atom. The lowest BCUT2D eigenvalue weighted by Crippen LogP contribution is -2.46. The molecule has 3 rings (SSSR count). The Balaban J connectivity index is 1.79. The van der Waals surface area contributed by atoms with E-state index in [4.69, 9.17) is 0 Å². The van der Waals surface area contributed by atoms with Gasteiger partial charge in [0.2, 0.25) is 5.91 Å². The van der Waals surface area contributed by atoms with Crippen LogP contribution in [-0.2, 0) is 17.9 Å². The molecule has 0 aliphatic carbocycles. The molecule has 0 saturated heterocycles. The number of hydrogen-bond donors (Lipinski definition) is 1. The van der Waals surface area contributed by atoms with Crippen molar-refractivity contribution in [1.82, 2.24) is 25.0 Å². The molecule has 1 aliphatic heterocycles. The number of carbonyl (C=O) groups is 1. The number of carbonyl (C=O) groups excluding carboxylic acids is 1. The molecule has 2 aromatic rings. The predicted octanol–water partition coefficient (Wildman–Crippen LogP) is 1.73. The Labute approximate surface area is 134 Å². The van der Waals surface area contributed by atoms with Gasteiger partial charge >= 0.3 is 0 Å². The molecule has 22 heavy (non-hydrogen) atoms. The van der Waals surface area contributed by atoms with Gasteiger partial charge in [0.1, 0.15) is 6.04 Å². The van der Waals surface area contributed by atoms with Gasteiger partial charge in [-0.25, -0.2) is 4.98 Å². The SMILES string of the molecule is Cc1ncsc1CN1Cc2ccnn2C(C(=O)NC(C)C)C1. The second kappa shape index (κ2) is 6.18. The van der Waals surface area contributed by atoms with Crippen LogP contribution < -0.4 is 5.32 Å². The van der Waals surface area contributed by atoms with E-state index in [0.29, 0.717) is 6.54 Å². The number of fused-ring (bicyclic) bond motifs is 1. The molecule has 0 saturated carbocycles. The lowest BCUT2D eigenvalue weighted by Gasteiger charge is -2.33. The van der Waals surface area contributed by atoms with Crippen LogP contribution >= 0.6 is 11.3 Å². The summed E-state index contributed by atoms with van der Waals surface area (Å²) < 4.78 is 1.85. The fourth-order valence-electron chi connectivity index (χ4n) is 2.74. The van der Waals surface area contributed by atoms with Crippen LogP contribution in [0.1, 0.15) is 36.2 Å². The summed E-state index contributed by atoms with van der Waals surface area (Å²) in [6, 6.07) is 1.85. The van der Waals surface area contributed by atoms with Crippen molar-refractivity contribution >= 4 is 17.2 Å². The smallest absolute Gasteiger partial charge is 0.246 e. The van der Waals surface area contributed by atoms with Gasteiger partial charge in [-0.3, -0.25) is 14.4 Å². The van der Waals surface area contributed by atoms with Gasteiger partial charge in [0.25, 0.3) is 0 Å². The summed E-state index contributed by atoms with van der Waals surface area (Å²) in [5.74, 6) is 0.0330. The van der Waals surface area contributed by atoms with E-state index in [1.807, 2.05) is 37.0 Å². The summed E-state index contributed by atoms with van der Waals surface area (Å²) in [5, 5.41) is 7.33. The third-order valence-electron chi connectivity index (χ3n) is 3.81. The number of nitrogens with zero attached hydrogens (tertiary/aromatic N) is 4. The molecule has 1 atom stereocenters. The van der Waals surface area contributed by atoms with Crippen molar-refractivity contribution < 1.29 is 4.79 Å². The summed E-state index contributed by atoms with van der Waals surface area (Å²) in [6.45, 7) is 8.29. The van der Waals surface area contributed by atoms with Crippen LogP contribution in [0.4, 0.5) is 0 Å². The number of aromatic nitrogens is 3. The van der Waals surface area contributed by atoms with Gasteiger partial charge in [-0.1, -0.05) is 0 Å². The molecular weight excluding hydrogens is 298 g/mol. The molecule has 1 unspecified atom stereocenters. The summed E-state index contributed by atoms with van der Waals surface area (Å²) in [5.41, 5.74) is 4.03. The van der Waals surface area contributed by atoms with E-state index in [1.54, 1.807) is 17.5 Å². The van der Waals surface area contributed by atoms with E-state index in [2.05, 4.69) is 20.3 Å². The topological polar surface area (TPSA) is 63.1 Å². The molecule has 118 valence electrons. The molecule has 0 spiro atoms. The van der Waals surface area contributed by atoms with Crippen molar-refractivity contribution in [2.24, 2.45) is 0 Å². The molecular formula is C15H21N5OS. The number of aryl methyl sites for hydroxylation is 1. The first-order chi connectivity index (χ1) is 10.5. The number of hydrogen-bond acceptors (Lipinski definition) is 5. The summed E-state index contributed by atoms with van der Waals surface area (Å²) >= 11 is 1.67. The minimum Gasteiger partial charge on any atom is -0.352 e. The van der Waals surface area contributed by atoms with Crippen molar-refractivity contribution in [2.45, 2.75) is 45.9 Å². The van der Waals surface area contributed by atoms with Crippen LogP contribution in [0, 0.1) is 6.92 Å². The van der Waals surface area contributed by atoms with Crippen molar-refractivity contribution in [1.29, 1.82) is 0 Å². The van der Waals surface area contributed by atoms with Crippen molar-refractivity contribution in [3.8, 4) is 0 Å². The van der Waals surface area contributed by atoms with Crippen LogP contribution in [0.15, 0.2) is 17.8 Å². The van der Waals surface area contributed by atoms with E-state index >= 15 is 0 Å². The van der Waals surface area contributed by atoms with Crippen LogP contribution in [-0.4, -0.2) is 38.2 Å². The summed E-state index contributed by atoms with van der Waals surface area (Å²) in [4.78, 5) is 20.3. The van der Waals surface area contributed by atoms with E-state index < -0.39 is 0 Å². The Hall–Kier alpha value is -1.73. The van der Waals surface area contributed by atoms with E-state index in [9.17, 15) is 4.79 Å². The Morgan fingerprint density at radius 2 is 2.36 bits per heavy atom. The fourth-order valence-corrected chi connectivity index (χ4v) is 3.56. The zero-order valence-corrected chi connectivity index (χ0v) is 13.9. The standard InChI is InChI=1S/C15H21N5OS/c1-10(2)18-15(21)13-7-19(6-12-4-5-17-20(12)13)8-14-11(3)16-9-22-14/h4-5,9-10,13H,6-8H2,1-3H3,(H,18,21). The molecule has 6 nitrogen and oxygen atoms in total. The van der Waals surface area contributed by atoms with Gasteiger partial charge in [0, 0.05) is 36.8 Å². The molecule has 2 aromatic heterocycles. The van der Waals surface area contributed by atoms with E-state index in [-0.39, 0.29) is 18.0 Å². The summed E-state index contributed by atoms with van der Waals surface area (Å²) in [6.07, 6.45) is 1.77. The van der Waals surface area contributed by atoms with E-state index in [1.165, 1.54) is 4.88 Å². The van der Waals surface area contributed by atoms with Crippen LogP contribution in [0.2, 0.25) is 0 Å². The normalized spacial score (nSPS) is 18.5. The van der Waals surface area contributed by atoms with Crippen LogP contribution in [0.25, 0.3) is 0 Å². The quantitative estimate of drug-likeness (QED) is 0.932. The third-order valence-corrected chi connectivity index (χ3v) is 4.73. The van der Waals surface area contributed by atoms with Gasteiger partial charge in [0.15, 0.2) is 0 Å². The van der Waals surface area contributed by atoms with Gasteiger partial charge in [-0.15, -0.1) is 11.3 Å². The predicted molar refractivity (Wildman–Crippen MR) is 85.5 cm³/mol. The maximum absolute atomic E-state index is 12.5. The van der Waals surface area contributed by atoms with Crippen molar-refractivity contribution in [3.05, 3.63) is 34.0 Å². The lowest BCUT2D eigenvalue weighted by atomic mass is 10.1. The second-order valence-corrected chi connectivity index (χ2v) is 6.92. The zero-order chi connectivity index (χ0) is 15.7. The van der Waals surface area contributed by atoms with Crippen molar-refractivity contribution in [3.63, 3.8) is 0 Å². The largest absolute Gasteiger partial charge is 0.352 e. The molecule has 7 heteroatoms. The fraction of sp³-hybridized carbons (Fsp3) is 0.533. The number of rotatable bonds is 4. The molecule has 1 aliphatic rings. The van der Waals surface area contributed by atoms with Gasteiger partial charge in [-0.05, 0) is 26.8 Å². The monoisotopic (exact) mass is 319 g/mol. The zero-order valence-electron chi connectivity index (χ0n) is 13.1. The molecule has 0 fully saturated rings. The number of nitrogens with one attached hydrogen (secondary N) is 1. The van der Waals surface area contributed by atoms with Crippen molar-refractivity contribution in [2.75, 3.05) is 6.54 Å². The first kappa shape index (κ1) is 15.2. The molecule has 0 aromatic carbocycles.